The Bertz CT molecular complexity index is 773. The van der Waals surface area contributed by atoms with Gasteiger partial charge in [-0.1, -0.05) is 6.07 Å². The highest BCUT2D eigenvalue weighted by atomic mass is 16.6. The fourth-order valence-electron chi connectivity index (χ4n) is 3.97. The minimum Gasteiger partial charge on any atom is -0.492 e. The number of fused-ring (bicyclic) bond motifs is 4. The van der Waals surface area contributed by atoms with Gasteiger partial charge in [0.25, 0.3) is 0 Å². The Morgan fingerprint density at radius 1 is 1.31 bits per heavy atom. The molecule has 3 aliphatic heterocycles. The summed E-state index contributed by atoms with van der Waals surface area (Å²) in [5.74, 6) is 0.0335. The third-order valence-electron chi connectivity index (χ3n) is 5.32. The van der Waals surface area contributed by atoms with Crippen molar-refractivity contribution < 1.29 is 28.9 Å². The largest absolute Gasteiger partial charge is 0.492 e. The van der Waals surface area contributed by atoms with Gasteiger partial charge in [-0.15, -0.1) is 0 Å². The van der Waals surface area contributed by atoms with E-state index in [4.69, 9.17) is 14.2 Å². The quantitative estimate of drug-likeness (QED) is 0.715. The molecule has 0 radical (unpaired) electrons. The molecule has 1 spiro atoms. The summed E-state index contributed by atoms with van der Waals surface area (Å²) < 4.78 is 16.3. The molecular weight excluding hydrogens is 338 g/mol. The van der Waals surface area contributed by atoms with E-state index in [1.165, 1.54) is 0 Å². The second kappa shape index (κ2) is 5.61. The maximum atomic E-state index is 12.3. The van der Waals surface area contributed by atoms with Crippen molar-refractivity contribution in [3.05, 3.63) is 28.8 Å². The summed E-state index contributed by atoms with van der Waals surface area (Å²) in [4.78, 5) is 25.8. The number of piperidine rings is 1. The molecule has 1 N–H and O–H groups in total. The van der Waals surface area contributed by atoms with Crippen LogP contribution < -0.4 is 4.74 Å². The maximum absolute atomic E-state index is 12.3. The highest BCUT2D eigenvalue weighted by molar-refractivity contribution is 5.95. The monoisotopic (exact) mass is 361 g/mol. The smallest absolute Gasteiger partial charge is 0.410 e. The third kappa shape index (κ3) is 2.61. The Balaban J connectivity index is 1.55. The molecule has 0 saturated carbocycles. The molecule has 3 heterocycles. The SMILES string of the molecule is CC(C)(C)OC(=O)N1CCC2(CC1)COc1c2ccc2c1C(O)OC2=O. The number of ether oxygens (including phenoxy) is 3. The molecule has 0 aliphatic carbocycles. The van der Waals surface area contributed by atoms with Crippen LogP contribution in [0, 0.1) is 0 Å². The molecule has 1 saturated heterocycles. The Morgan fingerprint density at radius 2 is 2.00 bits per heavy atom. The first-order valence-corrected chi connectivity index (χ1v) is 8.87. The van der Waals surface area contributed by atoms with Crippen LogP contribution in [0.5, 0.6) is 5.75 Å². The zero-order valence-corrected chi connectivity index (χ0v) is 15.2. The molecule has 4 rings (SSSR count). The van der Waals surface area contributed by atoms with Gasteiger partial charge in [-0.25, -0.2) is 9.59 Å². The first-order chi connectivity index (χ1) is 12.2. The van der Waals surface area contributed by atoms with Gasteiger partial charge >= 0.3 is 12.1 Å². The lowest BCUT2D eigenvalue weighted by Gasteiger charge is -2.38. The number of carbonyl (C=O) groups is 2. The number of nitrogens with zero attached hydrogens (tertiary/aromatic N) is 1. The summed E-state index contributed by atoms with van der Waals surface area (Å²) >= 11 is 0. The summed E-state index contributed by atoms with van der Waals surface area (Å²) in [6.45, 7) is 7.19. The zero-order chi connectivity index (χ0) is 18.7. The van der Waals surface area contributed by atoms with Crippen molar-refractivity contribution in [3.63, 3.8) is 0 Å². The van der Waals surface area contributed by atoms with Crippen LogP contribution >= 0.6 is 0 Å². The Hall–Kier alpha value is -2.28. The maximum Gasteiger partial charge on any atom is 0.410 e. The molecule has 1 amide bonds. The van der Waals surface area contributed by atoms with E-state index in [0.717, 1.165) is 18.4 Å². The number of cyclic esters (lactones) is 1. The Labute approximate surface area is 151 Å². The number of hydrogen-bond donors (Lipinski definition) is 1. The highest BCUT2D eigenvalue weighted by Gasteiger charge is 2.47. The summed E-state index contributed by atoms with van der Waals surface area (Å²) in [6.07, 6.45) is -0.0920. The Kier molecular flexibility index (Phi) is 3.70. The van der Waals surface area contributed by atoms with Gasteiger partial charge < -0.3 is 24.2 Å². The van der Waals surface area contributed by atoms with E-state index in [0.29, 0.717) is 36.6 Å². The molecule has 7 heteroatoms. The second-order valence-electron chi connectivity index (χ2n) is 8.20. The number of carbonyl (C=O) groups excluding carboxylic acids is 2. The average molecular weight is 361 g/mol. The molecular formula is C19H23NO6. The Morgan fingerprint density at radius 3 is 2.65 bits per heavy atom. The molecule has 1 aromatic carbocycles. The minimum atomic E-state index is -1.27. The van der Waals surface area contributed by atoms with Crippen LogP contribution in [0.3, 0.4) is 0 Å². The molecule has 1 atom stereocenters. The van der Waals surface area contributed by atoms with Crippen LogP contribution in [0.25, 0.3) is 0 Å². The first-order valence-electron chi connectivity index (χ1n) is 8.87. The minimum absolute atomic E-state index is 0.214. The number of rotatable bonds is 0. The van der Waals surface area contributed by atoms with Gasteiger partial charge in [0.15, 0.2) is 0 Å². The van der Waals surface area contributed by atoms with E-state index in [-0.39, 0.29) is 11.5 Å². The normalized spacial score (nSPS) is 23.3. The molecule has 26 heavy (non-hydrogen) atoms. The van der Waals surface area contributed by atoms with Crippen molar-refractivity contribution in [2.24, 2.45) is 0 Å². The molecule has 1 aromatic rings. The lowest BCUT2D eigenvalue weighted by atomic mass is 9.74. The van der Waals surface area contributed by atoms with Crippen molar-refractivity contribution in [2.75, 3.05) is 19.7 Å². The van der Waals surface area contributed by atoms with Crippen molar-refractivity contribution in [3.8, 4) is 5.75 Å². The summed E-state index contributed by atoms with van der Waals surface area (Å²) in [5.41, 5.74) is 1.04. The predicted molar refractivity (Wildman–Crippen MR) is 91.0 cm³/mol. The van der Waals surface area contributed by atoms with Crippen LogP contribution in [-0.2, 0) is 14.9 Å². The summed E-state index contributed by atoms with van der Waals surface area (Å²) in [6, 6.07) is 3.59. The number of hydrogen-bond acceptors (Lipinski definition) is 6. The predicted octanol–water partition coefficient (Wildman–Crippen LogP) is 2.51. The fourth-order valence-corrected chi connectivity index (χ4v) is 3.97. The van der Waals surface area contributed by atoms with Crippen molar-refractivity contribution in [2.45, 2.75) is 50.9 Å². The van der Waals surface area contributed by atoms with Crippen LogP contribution in [-0.4, -0.2) is 47.4 Å². The van der Waals surface area contributed by atoms with Crippen molar-refractivity contribution >= 4 is 12.1 Å². The number of esters is 1. The van der Waals surface area contributed by atoms with Gasteiger partial charge in [0, 0.05) is 24.1 Å². The molecule has 3 aliphatic rings. The van der Waals surface area contributed by atoms with Gasteiger partial charge in [0.05, 0.1) is 17.7 Å². The van der Waals surface area contributed by atoms with E-state index in [1.807, 2.05) is 26.8 Å². The lowest BCUT2D eigenvalue weighted by molar-refractivity contribution is -0.0556. The molecule has 7 nitrogen and oxygen atoms in total. The van der Waals surface area contributed by atoms with Crippen LogP contribution in [0.4, 0.5) is 4.79 Å². The lowest BCUT2D eigenvalue weighted by Crippen LogP contribution is -2.47. The van der Waals surface area contributed by atoms with E-state index < -0.39 is 17.9 Å². The average Bonchev–Trinajstić information content (AvgIpc) is 3.05. The third-order valence-corrected chi connectivity index (χ3v) is 5.32. The van der Waals surface area contributed by atoms with Gasteiger partial charge in [-0.2, -0.15) is 0 Å². The molecule has 1 fully saturated rings. The van der Waals surface area contributed by atoms with E-state index in [9.17, 15) is 14.7 Å². The van der Waals surface area contributed by atoms with Crippen LogP contribution in [0.2, 0.25) is 0 Å². The van der Waals surface area contributed by atoms with E-state index >= 15 is 0 Å². The second-order valence-corrected chi connectivity index (χ2v) is 8.20. The van der Waals surface area contributed by atoms with E-state index in [1.54, 1.807) is 11.0 Å². The van der Waals surface area contributed by atoms with Crippen molar-refractivity contribution in [1.29, 1.82) is 0 Å². The molecule has 140 valence electrons. The first kappa shape index (κ1) is 17.1. The molecule has 0 bridgehead atoms. The topological polar surface area (TPSA) is 85.3 Å². The highest BCUT2D eigenvalue weighted by Crippen LogP contribution is 2.50. The van der Waals surface area contributed by atoms with Crippen LogP contribution in [0.1, 0.15) is 61.4 Å². The standard InChI is InChI=1S/C19H23NO6/c1-18(2,3)26-17(23)20-8-6-19(7-9-20)10-24-14-12(19)5-4-11-13(14)16(22)25-15(11)21/h4-5,16,22H,6-10H2,1-3H3. The van der Waals surface area contributed by atoms with Crippen molar-refractivity contribution in [1.82, 2.24) is 4.90 Å². The summed E-state index contributed by atoms with van der Waals surface area (Å²) in [7, 11) is 0. The van der Waals surface area contributed by atoms with Crippen LogP contribution in [0.15, 0.2) is 12.1 Å². The molecule has 1 unspecified atom stereocenters. The zero-order valence-electron chi connectivity index (χ0n) is 15.2. The number of aliphatic hydroxyl groups is 1. The van der Waals surface area contributed by atoms with Gasteiger partial charge in [0.1, 0.15) is 11.4 Å². The molecule has 0 aromatic heterocycles. The van der Waals surface area contributed by atoms with Gasteiger partial charge in [0.2, 0.25) is 6.29 Å². The number of aliphatic hydroxyl groups excluding tert-OH is 1. The number of benzene rings is 1. The van der Waals surface area contributed by atoms with Gasteiger partial charge in [-0.05, 0) is 39.7 Å². The fraction of sp³-hybridized carbons (Fsp3) is 0.579. The number of likely N-dealkylation sites (tertiary alicyclic amines) is 1. The van der Waals surface area contributed by atoms with Gasteiger partial charge in [-0.3, -0.25) is 0 Å². The van der Waals surface area contributed by atoms with E-state index in [2.05, 4.69) is 0 Å². The summed E-state index contributed by atoms with van der Waals surface area (Å²) in [5, 5.41) is 10.0. The number of amides is 1.